The number of hydrogen-bond acceptors (Lipinski definition) is 7. The van der Waals surface area contributed by atoms with Crippen molar-refractivity contribution in [2.75, 3.05) is 87.2 Å². The van der Waals surface area contributed by atoms with Crippen LogP contribution in [0.15, 0.2) is 65.5 Å². The summed E-state index contributed by atoms with van der Waals surface area (Å²) in [6, 6.07) is 19.1. The number of para-hydroxylation sites is 1. The van der Waals surface area contributed by atoms with Crippen LogP contribution in [-0.2, 0) is 16.1 Å². The van der Waals surface area contributed by atoms with Crippen LogP contribution in [0.25, 0.3) is 0 Å². The van der Waals surface area contributed by atoms with Gasteiger partial charge < -0.3 is 29.3 Å². The van der Waals surface area contributed by atoms with E-state index < -0.39 is 0 Å². The molecular formula is C35H41ClN6O4. The van der Waals surface area contributed by atoms with Crippen LogP contribution in [-0.4, -0.2) is 98.3 Å². The molecular weight excluding hydrogens is 604 g/mol. The molecule has 1 aromatic heterocycles. The Morgan fingerprint density at radius 1 is 0.848 bits per heavy atom. The molecule has 2 bridgehead atoms. The predicted octanol–water partition coefficient (Wildman–Crippen LogP) is 3.75. The maximum atomic E-state index is 13.8. The van der Waals surface area contributed by atoms with Crippen LogP contribution >= 0.6 is 11.6 Å². The van der Waals surface area contributed by atoms with Crippen LogP contribution in [0.3, 0.4) is 0 Å². The number of hydrogen-bond donors (Lipinski definition) is 1. The Kier molecular flexibility index (Phi) is 9.01. The highest BCUT2D eigenvalue weighted by Gasteiger charge is 2.35. The van der Waals surface area contributed by atoms with Gasteiger partial charge in [0.05, 0.1) is 35.3 Å². The number of ether oxygens (including phenoxy) is 1. The van der Waals surface area contributed by atoms with Crippen LogP contribution in [0.4, 0.5) is 17.1 Å². The minimum atomic E-state index is -0.0696. The van der Waals surface area contributed by atoms with E-state index in [2.05, 4.69) is 26.1 Å². The highest BCUT2D eigenvalue weighted by Crippen LogP contribution is 2.39. The number of piperazine rings is 1. The van der Waals surface area contributed by atoms with E-state index in [-0.39, 0.29) is 23.3 Å². The van der Waals surface area contributed by atoms with Crippen LogP contribution < -0.4 is 20.7 Å². The lowest BCUT2D eigenvalue weighted by molar-refractivity contribution is -0.116. The molecule has 0 spiro atoms. The normalized spacial score (nSPS) is 21.5. The van der Waals surface area contributed by atoms with Gasteiger partial charge in [0.2, 0.25) is 5.91 Å². The third-order valence-electron chi connectivity index (χ3n) is 9.86. The van der Waals surface area contributed by atoms with Crippen molar-refractivity contribution in [2.45, 2.75) is 25.3 Å². The molecule has 242 valence electrons. The summed E-state index contributed by atoms with van der Waals surface area (Å²) in [5.74, 6) is 0.437. The zero-order valence-electron chi connectivity index (χ0n) is 26.1. The van der Waals surface area contributed by atoms with Gasteiger partial charge in [-0.3, -0.25) is 19.3 Å². The van der Waals surface area contributed by atoms with Crippen molar-refractivity contribution in [1.82, 2.24) is 14.4 Å². The van der Waals surface area contributed by atoms with Gasteiger partial charge in [-0.25, -0.2) is 0 Å². The van der Waals surface area contributed by atoms with E-state index in [0.29, 0.717) is 81.1 Å². The molecule has 3 saturated heterocycles. The summed E-state index contributed by atoms with van der Waals surface area (Å²) in [4.78, 5) is 48.4. The molecule has 0 aliphatic carbocycles. The molecule has 2 unspecified atom stereocenters. The summed E-state index contributed by atoms with van der Waals surface area (Å²) in [5, 5.41) is 3.90. The molecule has 2 atom stereocenters. The smallest absolute Gasteiger partial charge is 0.254 e. The number of fused-ring (bicyclic) bond motifs is 4. The second-order valence-electron chi connectivity index (χ2n) is 12.8. The molecule has 3 fully saturated rings. The van der Waals surface area contributed by atoms with Crippen LogP contribution in [0.2, 0.25) is 5.02 Å². The standard InChI is InChI=1S/C35H41ClN6O4/c36-28-4-1-2-5-31(28)39-12-14-40(15-13-39)35(45)26-8-9-32(29(21-26)37-33(43)10-11-38-16-18-46-19-17-38)41-22-25-20-27(24-41)30-6-3-7-34(44)42(30)23-25/h1-9,21,25,27H,10-20,22-24H2,(H,37,43). The second-order valence-corrected chi connectivity index (χ2v) is 13.2. The first-order valence-corrected chi connectivity index (χ1v) is 16.8. The SMILES string of the molecule is O=C(CCN1CCOCC1)Nc1cc(C(=O)N2CCN(c3ccccc3Cl)CC2)ccc1N1CC2CC(C1)c1cccc(=O)n1C2. The number of rotatable bonds is 7. The third kappa shape index (κ3) is 6.52. The number of carbonyl (C=O) groups is 2. The molecule has 4 aliphatic heterocycles. The Balaban J connectivity index is 1.10. The first-order chi connectivity index (χ1) is 22.4. The second kappa shape index (κ2) is 13.5. The van der Waals surface area contributed by atoms with E-state index in [9.17, 15) is 14.4 Å². The molecule has 0 saturated carbocycles. The van der Waals surface area contributed by atoms with E-state index in [1.54, 1.807) is 6.07 Å². The van der Waals surface area contributed by atoms with Crippen LogP contribution in [0.1, 0.15) is 34.8 Å². The maximum absolute atomic E-state index is 13.8. The Morgan fingerprint density at radius 3 is 2.46 bits per heavy atom. The first kappa shape index (κ1) is 30.8. The zero-order valence-corrected chi connectivity index (χ0v) is 26.8. The number of benzene rings is 2. The fourth-order valence-corrected chi connectivity index (χ4v) is 7.73. The topological polar surface area (TPSA) is 90.4 Å². The lowest BCUT2D eigenvalue weighted by atomic mass is 9.83. The van der Waals surface area contributed by atoms with E-state index in [0.717, 1.165) is 49.7 Å². The largest absolute Gasteiger partial charge is 0.379 e. The number of aromatic nitrogens is 1. The minimum absolute atomic E-state index is 0.0435. The number of carbonyl (C=O) groups excluding carboxylic acids is 2. The summed E-state index contributed by atoms with van der Waals surface area (Å²) in [5.41, 5.74) is 4.27. The number of morpholine rings is 1. The Hall–Kier alpha value is -3.86. The first-order valence-electron chi connectivity index (χ1n) is 16.4. The van der Waals surface area contributed by atoms with Gasteiger partial charge in [0.1, 0.15) is 0 Å². The van der Waals surface area contributed by atoms with Gasteiger partial charge in [-0.15, -0.1) is 0 Å². The van der Waals surface area contributed by atoms with Crippen molar-refractivity contribution in [3.05, 3.63) is 87.3 Å². The zero-order chi connectivity index (χ0) is 31.6. The van der Waals surface area contributed by atoms with Gasteiger partial charge in [0.15, 0.2) is 0 Å². The number of halogens is 1. The van der Waals surface area contributed by atoms with Gasteiger partial charge in [-0.05, 0) is 48.7 Å². The quantitative estimate of drug-likeness (QED) is 0.419. The van der Waals surface area contributed by atoms with Gasteiger partial charge in [0, 0.05) is 95.1 Å². The van der Waals surface area contributed by atoms with E-state index in [1.165, 1.54) is 0 Å². The third-order valence-corrected chi connectivity index (χ3v) is 10.2. The number of anilines is 3. The fraction of sp³-hybridized carbons (Fsp3) is 0.457. The van der Waals surface area contributed by atoms with E-state index in [4.69, 9.17) is 16.3 Å². The number of pyridine rings is 1. The highest BCUT2D eigenvalue weighted by atomic mass is 35.5. The predicted molar refractivity (Wildman–Crippen MR) is 180 cm³/mol. The van der Waals surface area contributed by atoms with Gasteiger partial charge in [0.25, 0.3) is 11.5 Å². The Morgan fingerprint density at radius 2 is 1.65 bits per heavy atom. The molecule has 5 heterocycles. The van der Waals surface area contributed by atoms with Gasteiger partial charge >= 0.3 is 0 Å². The van der Waals surface area contributed by atoms with Gasteiger partial charge in [-0.2, -0.15) is 0 Å². The van der Waals surface area contributed by atoms with Crippen molar-refractivity contribution in [3.8, 4) is 0 Å². The molecule has 0 radical (unpaired) electrons. The molecule has 1 N–H and O–H groups in total. The van der Waals surface area contributed by atoms with Gasteiger partial charge in [-0.1, -0.05) is 29.8 Å². The number of nitrogens with one attached hydrogen (secondary N) is 1. The number of piperidine rings is 1. The lowest BCUT2D eigenvalue weighted by Crippen LogP contribution is -2.49. The summed E-state index contributed by atoms with van der Waals surface area (Å²) < 4.78 is 7.38. The van der Waals surface area contributed by atoms with Crippen molar-refractivity contribution in [1.29, 1.82) is 0 Å². The molecule has 4 aliphatic rings. The van der Waals surface area contributed by atoms with Crippen molar-refractivity contribution < 1.29 is 14.3 Å². The molecule has 2 amide bonds. The van der Waals surface area contributed by atoms with Crippen molar-refractivity contribution >= 4 is 40.5 Å². The highest BCUT2D eigenvalue weighted by molar-refractivity contribution is 6.33. The minimum Gasteiger partial charge on any atom is -0.379 e. The Labute approximate surface area is 274 Å². The molecule has 2 aromatic carbocycles. The maximum Gasteiger partial charge on any atom is 0.254 e. The molecule has 10 nitrogen and oxygen atoms in total. The monoisotopic (exact) mass is 644 g/mol. The number of amides is 2. The van der Waals surface area contributed by atoms with E-state index >= 15 is 0 Å². The van der Waals surface area contributed by atoms with Crippen molar-refractivity contribution in [3.63, 3.8) is 0 Å². The van der Waals surface area contributed by atoms with Crippen molar-refractivity contribution in [2.24, 2.45) is 5.92 Å². The summed E-state index contributed by atoms with van der Waals surface area (Å²) in [7, 11) is 0. The molecule has 46 heavy (non-hydrogen) atoms. The van der Waals surface area contributed by atoms with Crippen LogP contribution in [0, 0.1) is 5.92 Å². The summed E-state index contributed by atoms with van der Waals surface area (Å²) in [6.45, 7) is 8.48. The Bertz CT molecular complexity index is 1650. The summed E-state index contributed by atoms with van der Waals surface area (Å²) in [6.07, 6.45) is 1.40. The molecule has 7 rings (SSSR count). The molecule has 11 heteroatoms. The average molecular weight is 645 g/mol. The average Bonchev–Trinajstić information content (AvgIpc) is 3.08. The fourth-order valence-electron chi connectivity index (χ4n) is 7.48. The van der Waals surface area contributed by atoms with Crippen LogP contribution in [0.5, 0.6) is 0 Å². The summed E-state index contributed by atoms with van der Waals surface area (Å²) >= 11 is 6.44. The molecule has 3 aromatic rings. The number of nitrogens with zero attached hydrogens (tertiary/aromatic N) is 5. The van der Waals surface area contributed by atoms with E-state index in [1.807, 2.05) is 58.0 Å². The lowest BCUT2D eigenvalue weighted by Gasteiger charge is -2.44.